The number of nitrogens with one attached hydrogen (secondary N) is 1. The van der Waals surface area contributed by atoms with Gasteiger partial charge in [-0.1, -0.05) is 12.1 Å². The van der Waals surface area contributed by atoms with Gasteiger partial charge in [-0.15, -0.1) is 6.58 Å². The SMILES string of the molecule is C=CCN1C(=O)C(=Cc2ccc(OC)c(I)c2)C(=O)NC1=S. The summed E-state index contributed by atoms with van der Waals surface area (Å²) < 4.78 is 6.07. The van der Waals surface area contributed by atoms with Gasteiger partial charge in [-0.2, -0.15) is 0 Å². The van der Waals surface area contributed by atoms with Crippen LogP contribution in [-0.2, 0) is 9.59 Å². The third kappa shape index (κ3) is 3.36. The van der Waals surface area contributed by atoms with Crippen molar-refractivity contribution >= 4 is 57.8 Å². The van der Waals surface area contributed by atoms with E-state index in [0.717, 1.165) is 14.9 Å². The minimum Gasteiger partial charge on any atom is -0.496 e. The van der Waals surface area contributed by atoms with Crippen molar-refractivity contribution in [2.75, 3.05) is 13.7 Å². The van der Waals surface area contributed by atoms with Crippen molar-refractivity contribution in [3.8, 4) is 5.75 Å². The number of carbonyl (C=O) groups is 2. The van der Waals surface area contributed by atoms with Crippen LogP contribution in [0.15, 0.2) is 36.4 Å². The average Bonchev–Trinajstić information content (AvgIpc) is 2.48. The van der Waals surface area contributed by atoms with E-state index in [1.54, 1.807) is 25.3 Å². The predicted octanol–water partition coefficient (Wildman–Crippen LogP) is 2.11. The number of benzene rings is 1. The highest BCUT2D eigenvalue weighted by molar-refractivity contribution is 14.1. The van der Waals surface area contributed by atoms with Gasteiger partial charge in [-0.05, 0) is 58.6 Å². The molecule has 1 aromatic rings. The minimum atomic E-state index is -0.499. The van der Waals surface area contributed by atoms with Gasteiger partial charge in [0.25, 0.3) is 11.8 Å². The summed E-state index contributed by atoms with van der Waals surface area (Å²) >= 11 is 7.13. The molecule has 0 atom stereocenters. The Morgan fingerprint density at radius 1 is 1.45 bits per heavy atom. The number of carbonyl (C=O) groups excluding carboxylic acids is 2. The number of amides is 2. The lowest BCUT2D eigenvalue weighted by Crippen LogP contribution is -2.53. The second-order valence-electron chi connectivity index (χ2n) is 4.42. The van der Waals surface area contributed by atoms with Crippen molar-refractivity contribution < 1.29 is 14.3 Å². The summed E-state index contributed by atoms with van der Waals surface area (Å²) in [7, 11) is 1.59. The molecule has 1 N–H and O–H groups in total. The number of thiocarbonyl (C=S) groups is 1. The van der Waals surface area contributed by atoms with Gasteiger partial charge < -0.3 is 4.74 Å². The van der Waals surface area contributed by atoms with Crippen LogP contribution in [0.25, 0.3) is 6.08 Å². The number of halogens is 1. The maximum absolute atomic E-state index is 12.4. The normalized spacial score (nSPS) is 16.7. The second-order valence-corrected chi connectivity index (χ2v) is 5.96. The first-order chi connectivity index (χ1) is 10.5. The molecule has 0 spiro atoms. The number of hydrogen-bond donors (Lipinski definition) is 1. The average molecular weight is 428 g/mol. The van der Waals surface area contributed by atoms with Crippen molar-refractivity contribution in [1.82, 2.24) is 10.2 Å². The van der Waals surface area contributed by atoms with Crippen LogP contribution in [0.1, 0.15) is 5.56 Å². The monoisotopic (exact) mass is 428 g/mol. The van der Waals surface area contributed by atoms with Gasteiger partial charge in [0.2, 0.25) is 0 Å². The largest absolute Gasteiger partial charge is 0.496 e. The molecule has 114 valence electrons. The first-order valence-electron chi connectivity index (χ1n) is 6.31. The maximum Gasteiger partial charge on any atom is 0.265 e. The van der Waals surface area contributed by atoms with Crippen molar-refractivity contribution in [3.05, 3.63) is 45.6 Å². The van der Waals surface area contributed by atoms with Crippen molar-refractivity contribution in [3.63, 3.8) is 0 Å². The molecule has 1 saturated heterocycles. The summed E-state index contributed by atoms with van der Waals surface area (Å²) in [6, 6.07) is 5.39. The molecule has 1 heterocycles. The molecule has 22 heavy (non-hydrogen) atoms. The summed E-state index contributed by atoms with van der Waals surface area (Å²) in [6.07, 6.45) is 3.09. The van der Waals surface area contributed by atoms with E-state index in [2.05, 4.69) is 34.5 Å². The molecule has 7 heteroatoms. The van der Waals surface area contributed by atoms with E-state index in [-0.39, 0.29) is 17.2 Å². The quantitative estimate of drug-likeness (QED) is 0.263. The molecular weight excluding hydrogens is 415 g/mol. The third-order valence-corrected chi connectivity index (χ3v) is 4.15. The zero-order valence-corrected chi connectivity index (χ0v) is 14.7. The molecule has 1 fully saturated rings. The molecule has 5 nitrogen and oxygen atoms in total. The fourth-order valence-electron chi connectivity index (χ4n) is 1.93. The molecule has 0 saturated carbocycles. The molecule has 0 unspecified atom stereocenters. The van der Waals surface area contributed by atoms with Crippen LogP contribution in [0.5, 0.6) is 5.75 Å². The summed E-state index contributed by atoms with van der Waals surface area (Å²) in [4.78, 5) is 25.7. The third-order valence-electron chi connectivity index (χ3n) is 2.98. The Hall–Kier alpha value is -1.74. The zero-order chi connectivity index (χ0) is 16.3. The molecule has 1 aliphatic rings. The van der Waals surface area contributed by atoms with Crippen molar-refractivity contribution in [2.24, 2.45) is 0 Å². The van der Waals surface area contributed by atoms with E-state index in [4.69, 9.17) is 17.0 Å². The van der Waals surface area contributed by atoms with Gasteiger partial charge in [0, 0.05) is 6.54 Å². The highest BCUT2D eigenvalue weighted by atomic mass is 127. The number of rotatable bonds is 4. The molecule has 2 amide bonds. The Morgan fingerprint density at radius 2 is 2.18 bits per heavy atom. The maximum atomic E-state index is 12.4. The molecule has 1 aromatic carbocycles. The van der Waals surface area contributed by atoms with E-state index in [1.807, 2.05) is 6.07 Å². The summed E-state index contributed by atoms with van der Waals surface area (Å²) in [5, 5.41) is 2.60. The van der Waals surface area contributed by atoms with Crippen LogP contribution >= 0.6 is 34.8 Å². The standard InChI is InChI=1S/C15H13IN2O3S/c1-3-6-18-14(20)10(13(19)17-15(18)22)7-9-4-5-12(21-2)11(16)8-9/h3-5,7-8H,1,6H2,2H3,(H,17,19,22). The second kappa shape index (κ2) is 7.01. The highest BCUT2D eigenvalue weighted by Crippen LogP contribution is 2.23. The van der Waals surface area contributed by atoms with Gasteiger partial charge in [-0.3, -0.25) is 19.8 Å². The van der Waals surface area contributed by atoms with Gasteiger partial charge in [0.15, 0.2) is 5.11 Å². The smallest absolute Gasteiger partial charge is 0.265 e. The van der Waals surface area contributed by atoms with Crippen molar-refractivity contribution in [1.29, 1.82) is 0 Å². The van der Waals surface area contributed by atoms with Crippen LogP contribution in [0.3, 0.4) is 0 Å². The minimum absolute atomic E-state index is 0.0383. The Balaban J connectivity index is 2.38. The first-order valence-corrected chi connectivity index (χ1v) is 7.80. The van der Waals surface area contributed by atoms with Gasteiger partial charge >= 0.3 is 0 Å². The lowest BCUT2D eigenvalue weighted by molar-refractivity contribution is -0.128. The first kappa shape index (κ1) is 16.6. The van der Waals surface area contributed by atoms with E-state index in [1.165, 1.54) is 11.0 Å². The van der Waals surface area contributed by atoms with Gasteiger partial charge in [-0.25, -0.2) is 0 Å². The topological polar surface area (TPSA) is 58.6 Å². The van der Waals surface area contributed by atoms with Crippen LogP contribution in [0, 0.1) is 3.57 Å². The Labute approximate surface area is 147 Å². The Morgan fingerprint density at radius 3 is 2.77 bits per heavy atom. The summed E-state index contributed by atoms with van der Waals surface area (Å²) in [5.41, 5.74) is 0.770. The van der Waals surface area contributed by atoms with Crippen LogP contribution in [0.2, 0.25) is 0 Å². The lowest BCUT2D eigenvalue weighted by atomic mass is 10.1. The number of methoxy groups -OCH3 is 1. The molecule has 0 aliphatic carbocycles. The number of nitrogens with zero attached hydrogens (tertiary/aromatic N) is 1. The van der Waals surface area contributed by atoms with Gasteiger partial charge in [0.05, 0.1) is 10.7 Å². The Bertz CT molecular complexity index is 700. The van der Waals surface area contributed by atoms with Crippen LogP contribution < -0.4 is 10.1 Å². The van der Waals surface area contributed by atoms with E-state index >= 15 is 0 Å². The molecule has 0 aromatic heterocycles. The lowest BCUT2D eigenvalue weighted by Gasteiger charge is -2.27. The fraction of sp³-hybridized carbons (Fsp3) is 0.133. The van der Waals surface area contributed by atoms with Crippen LogP contribution in [-0.4, -0.2) is 35.5 Å². The molecule has 1 aliphatic heterocycles. The summed E-state index contributed by atoms with van der Waals surface area (Å²) in [6.45, 7) is 3.83. The molecule has 0 radical (unpaired) electrons. The van der Waals surface area contributed by atoms with E-state index in [0.29, 0.717) is 0 Å². The number of hydrogen-bond acceptors (Lipinski definition) is 4. The fourth-order valence-corrected chi connectivity index (χ4v) is 2.94. The van der Waals surface area contributed by atoms with E-state index < -0.39 is 11.8 Å². The number of ether oxygens (including phenoxy) is 1. The molecular formula is C15H13IN2O3S. The van der Waals surface area contributed by atoms with Crippen molar-refractivity contribution in [2.45, 2.75) is 0 Å². The molecule has 0 bridgehead atoms. The summed E-state index contributed by atoms with van der Waals surface area (Å²) in [5.74, 6) is -0.197. The molecule has 2 rings (SSSR count). The Kier molecular flexibility index (Phi) is 5.30. The highest BCUT2D eigenvalue weighted by Gasteiger charge is 2.32. The van der Waals surface area contributed by atoms with E-state index in [9.17, 15) is 9.59 Å². The predicted molar refractivity (Wildman–Crippen MR) is 96.3 cm³/mol. The van der Waals surface area contributed by atoms with Crippen LogP contribution in [0.4, 0.5) is 0 Å². The van der Waals surface area contributed by atoms with Gasteiger partial charge in [0.1, 0.15) is 11.3 Å². The zero-order valence-electron chi connectivity index (χ0n) is 11.8.